The van der Waals surface area contributed by atoms with E-state index in [2.05, 4.69) is 15.3 Å². The summed E-state index contributed by atoms with van der Waals surface area (Å²) in [5.74, 6) is 2.65. The Hall–Kier alpha value is -5.77. The van der Waals surface area contributed by atoms with Gasteiger partial charge in [-0.05, 0) is 60.7 Å². The van der Waals surface area contributed by atoms with Crippen molar-refractivity contribution >= 4 is 39.3 Å². The number of rotatable bonds is 6. The summed E-state index contributed by atoms with van der Waals surface area (Å²) in [5, 5.41) is 23.3. The molecule has 1 amide bonds. The summed E-state index contributed by atoms with van der Waals surface area (Å²) in [4.78, 5) is 27.1. The number of hydrogen-bond acceptors (Lipinski definition) is 5. The zero-order chi connectivity index (χ0) is 27.2. The lowest BCUT2D eigenvalue weighted by atomic mass is 10.2. The molecule has 0 aliphatic rings. The number of ether oxygens (including phenoxy) is 2. The van der Waals surface area contributed by atoms with Crippen LogP contribution in [0.25, 0.3) is 21.8 Å². The van der Waals surface area contributed by atoms with Crippen molar-refractivity contribution in [3.63, 3.8) is 0 Å². The van der Waals surface area contributed by atoms with Crippen molar-refractivity contribution < 1.29 is 24.3 Å². The third kappa shape index (κ3) is 5.97. The molecule has 0 fully saturated rings. The summed E-state index contributed by atoms with van der Waals surface area (Å²) in [6.07, 6.45) is 1.91. The summed E-state index contributed by atoms with van der Waals surface area (Å²) >= 11 is 0. The number of H-pyrrole nitrogens is 2. The first kappa shape index (κ1) is 24.9. The molecule has 0 aliphatic carbocycles. The number of amides is 1. The van der Waals surface area contributed by atoms with Crippen molar-refractivity contribution in [1.82, 2.24) is 9.97 Å². The molecule has 39 heavy (non-hydrogen) atoms. The molecule has 0 atom stereocenters. The van der Waals surface area contributed by atoms with E-state index in [1.807, 2.05) is 72.8 Å². The first-order chi connectivity index (χ1) is 19.0. The van der Waals surface area contributed by atoms with Gasteiger partial charge in [0.25, 0.3) is 5.69 Å². The number of carboxylic acid groups (broad SMARTS) is 1. The summed E-state index contributed by atoms with van der Waals surface area (Å²) < 4.78 is 11.4. The number of hydrogen-bond donors (Lipinski definition) is 4. The van der Waals surface area contributed by atoms with Crippen LogP contribution in [-0.2, 0) is 0 Å². The topological polar surface area (TPSA) is 143 Å². The van der Waals surface area contributed by atoms with E-state index in [0.29, 0.717) is 33.8 Å². The predicted octanol–water partition coefficient (Wildman–Crippen LogP) is 7.92. The number of nitrogens with zero attached hydrogens (tertiary/aromatic N) is 1. The quantitative estimate of drug-likeness (QED) is 0.129. The molecule has 2 heterocycles. The Labute approximate surface area is 221 Å². The van der Waals surface area contributed by atoms with Gasteiger partial charge in [-0.25, -0.2) is 4.79 Å². The van der Waals surface area contributed by atoms with Gasteiger partial charge in [0.05, 0.1) is 27.7 Å². The molecule has 194 valence electrons. The second-order valence-electron chi connectivity index (χ2n) is 8.31. The lowest BCUT2D eigenvalue weighted by Gasteiger charge is -2.06. The first-order valence-corrected chi connectivity index (χ1v) is 11.8. The van der Waals surface area contributed by atoms with Gasteiger partial charge in [0.2, 0.25) is 0 Å². The Morgan fingerprint density at radius 2 is 1.23 bits per heavy atom. The molecule has 0 unspecified atom stereocenters. The van der Waals surface area contributed by atoms with Gasteiger partial charge in [0, 0.05) is 17.1 Å². The van der Waals surface area contributed by atoms with Crippen molar-refractivity contribution in [2.24, 2.45) is 0 Å². The van der Waals surface area contributed by atoms with Crippen LogP contribution in [0.5, 0.6) is 23.0 Å². The fourth-order valence-electron chi connectivity index (χ4n) is 3.93. The molecule has 0 bridgehead atoms. The van der Waals surface area contributed by atoms with Crippen LogP contribution in [0.15, 0.2) is 109 Å². The second kappa shape index (κ2) is 11.1. The molecule has 4 N–H and O–H groups in total. The predicted molar refractivity (Wildman–Crippen MR) is 148 cm³/mol. The van der Waals surface area contributed by atoms with Crippen LogP contribution >= 0.6 is 0 Å². The number of aromatic amines is 2. The molecule has 0 spiro atoms. The van der Waals surface area contributed by atoms with Crippen molar-refractivity contribution in [1.29, 1.82) is 0 Å². The average molecular weight is 523 g/mol. The fourth-order valence-corrected chi connectivity index (χ4v) is 3.93. The number of aromatic nitrogens is 2. The molecule has 0 saturated heterocycles. The minimum atomic E-state index is -1.10. The van der Waals surface area contributed by atoms with Gasteiger partial charge in [-0.15, -0.1) is 0 Å². The minimum Gasteiger partial charge on any atom is -0.465 e. The summed E-state index contributed by atoms with van der Waals surface area (Å²) in [5.41, 5.74) is 2.11. The van der Waals surface area contributed by atoms with Crippen LogP contribution in [0.4, 0.5) is 16.2 Å². The molecule has 2 aromatic heterocycles. The smallest absolute Gasteiger partial charge is 0.409 e. The zero-order valence-corrected chi connectivity index (χ0v) is 20.3. The lowest BCUT2D eigenvalue weighted by molar-refractivity contribution is -0.383. The van der Waals surface area contributed by atoms with Crippen LogP contribution < -0.4 is 14.8 Å². The molecular formula is C29H22N4O6. The van der Waals surface area contributed by atoms with Gasteiger partial charge in [0.15, 0.2) is 0 Å². The lowest BCUT2D eigenvalue weighted by Crippen LogP contribution is -2.06. The molecule has 0 radical (unpaired) electrons. The van der Waals surface area contributed by atoms with E-state index in [1.165, 1.54) is 6.20 Å². The van der Waals surface area contributed by atoms with Gasteiger partial charge in [-0.1, -0.05) is 36.4 Å². The number of nitro groups is 1. The maximum absolute atomic E-state index is 10.9. The van der Waals surface area contributed by atoms with E-state index in [-0.39, 0.29) is 5.69 Å². The van der Waals surface area contributed by atoms with Crippen molar-refractivity contribution in [2.75, 3.05) is 5.32 Å². The maximum Gasteiger partial charge on any atom is 0.409 e. The second-order valence-corrected chi connectivity index (χ2v) is 8.31. The Bertz CT molecular complexity index is 1750. The number of carbonyl (C=O) groups is 1. The Kier molecular flexibility index (Phi) is 7.08. The largest absolute Gasteiger partial charge is 0.465 e. The average Bonchev–Trinajstić information content (AvgIpc) is 3.54. The van der Waals surface area contributed by atoms with Crippen molar-refractivity contribution in [2.45, 2.75) is 0 Å². The summed E-state index contributed by atoms with van der Waals surface area (Å²) in [6.45, 7) is 0. The van der Waals surface area contributed by atoms with E-state index in [9.17, 15) is 14.9 Å². The Morgan fingerprint density at radius 1 is 0.718 bits per heavy atom. The van der Waals surface area contributed by atoms with Gasteiger partial charge in [-0.3, -0.25) is 15.4 Å². The Morgan fingerprint density at radius 3 is 1.77 bits per heavy atom. The van der Waals surface area contributed by atoms with Crippen LogP contribution in [0, 0.1) is 10.1 Å². The van der Waals surface area contributed by atoms with Gasteiger partial charge >= 0.3 is 6.09 Å². The highest BCUT2D eigenvalue weighted by molar-refractivity contribution is 5.99. The highest BCUT2D eigenvalue weighted by atomic mass is 16.6. The number of nitrogens with one attached hydrogen (secondary N) is 3. The molecule has 4 aromatic carbocycles. The molecular weight excluding hydrogens is 500 g/mol. The highest BCUT2D eigenvalue weighted by Gasteiger charge is 2.14. The number of benzene rings is 4. The third-order valence-electron chi connectivity index (χ3n) is 5.68. The van der Waals surface area contributed by atoms with Crippen molar-refractivity contribution in [3.05, 3.63) is 120 Å². The molecule has 6 rings (SSSR count). The molecule has 0 aliphatic heterocycles. The number of para-hydroxylation sites is 2. The van der Waals surface area contributed by atoms with Crippen LogP contribution in [0.3, 0.4) is 0 Å². The number of anilines is 1. The van der Waals surface area contributed by atoms with E-state index >= 15 is 0 Å². The molecule has 10 heteroatoms. The van der Waals surface area contributed by atoms with Crippen LogP contribution in [-0.4, -0.2) is 26.1 Å². The van der Waals surface area contributed by atoms with E-state index < -0.39 is 11.0 Å². The SMILES string of the molecule is O=C(O)Nc1c[nH]c2ccc(Oc3ccccc3)cc12.O=[N+]([O-])c1c[nH]c2ccc(Oc3ccccc3)cc12. The fraction of sp³-hybridized carbons (Fsp3) is 0. The summed E-state index contributed by atoms with van der Waals surface area (Å²) in [7, 11) is 0. The number of fused-ring (bicyclic) bond motifs is 2. The highest BCUT2D eigenvalue weighted by Crippen LogP contribution is 2.31. The van der Waals surface area contributed by atoms with E-state index in [1.54, 1.807) is 30.5 Å². The molecule has 0 saturated carbocycles. The maximum atomic E-state index is 10.9. The van der Waals surface area contributed by atoms with Gasteiger partial charge < -0.3 is 24.5 Å². The minimum absolute atomic E-state index is 0.0495. The van der Waals surface area contributed by atoms with Gasteiger partial charge in [0.1, 0.15) is 23.0 Å². The normalized spacial score (nSPS) is 10.5. The van der Waals surface area contributed by atoms with E-state index in [4.69, 9.17) is 14.6 Å². The van der Waals surface area contributed by atoms with Crippen molar-refractivity contribution in [3.8, 4) is 23.0 Å². The molecule has 10 nitrogen and oxygen atoms in total. The van der Waals surface area contributed by atoms with E-state index in [0.717, 1.165) is 16.7 Å². The van der Waals surface area contributed by atoms with Crippen LogP contribution in [0.1, 0.15) is 0 Å². The molecule has 6 aromatic rings. The van der Waals surface area contributed by atoms with Crippen LogP contribution in [0.2, 0.25) is 0 Å². The third-order valence-corrected chi connectivity index (χ3v) is 5.68. The Balaban J connectivity index is 0.000000158. The first-order valence-electron chi connectivity index (χ1n) is 11.8. The van der Waals surface area contributed by atoms with Gasteiger partial charge in [-0.2, -0.15) is 0 Å². The summed E-state index contributed by atoms with van der Waals surface area (Å²) in [6, 6.07) is 29.4. The monoisotopic (exact) mass is 522 g/mol. The zero-order valence-electron chi connectivity index (χ0n) is 20.3. The standard InChI is InChI=1S/C15H12N2O3.C14H10N2O3/c18-15(19)17-14-9-16-13-7-6-11(8-12(13)14)20-10-4-2-1-3-5-10;17-16(18)14-9-15-13-7-6-11(8-12(13)14)19-10-4-2-1-3-5-10/h1-9,16-17H,(H,18,19);1-9,15H.